The summed E-state index contributed by atoms with van der Waals surface area (Å²) < 4.78 is 5.18. The molecule has 0 unspecified atom stereocenters. The maximum Gasteiger partial charge on any atom is 0.326 e. The molecule has 47 heavy (non-hydrogen) atoms. The Hall–Kier alpha value is -4.46. The van der Waals surface area contributed by atoms with Crippen molar-refractivity contribution in [1.82, 2.24) is 31.3 Å². The van der Waals surface area contributed by atoms with Crippen LogP contribution in [0.25, 0.3) is 0 Å². The van der Waals surface area contributed by atoms with Gasteiger partial charge in [-0.25, -0.2) is 4.79 Å². The summed E-state index contributed by atoms with van der Waals surface area (Å²) in [4.78, 5) is 79.7. The zero-order valence-electron chi connectivity index (χ0n) is 26.7. The normalized spacial score (nSPS) is 22.7. The molecule has 5 N–H and O–H groups in total. The molecular weight excluding hydrogens is 632 g/mol. The Kier molecular flexibility index (Phi) is 12.0. The van der Waals surface area contributed by atoms with E-state index >= 15 is 0 Å². The van der Waals surface area contributed by atoms with Gasteiger partial charge in [-0.05, 0) is 83.1 Å². The van der Waals surface area contributed by atoms with Gasteiger partial charge in [-0.1, -0.05) is 16.8 Å². The monoisotopic (exact) mass is 672 g/mol. The summed E-state index contributed by atoms with van der Waals surface area (Å²) in [6, 6.07) is 0.650. The number of carboxylic acids is 1. The van der Waals surface area contributed by atoms with Crippen LogP contribution in [-0.2, 0) is 30.4 Å². The minimum absolute atomic E-state index is 0.00941. The number of rotatable bonds is 7. The predicted octanol–water partition coefficient (Wildman–Crippen LogP) is 1.72. The van der Waals surface area contributed by atoms with E-state index in [1.165, 1.54) is 4.90 Å². The molecule has 1 aromatic heterocycles. The average molecular weight is 673 g/mol. The third-order valence-corrected chi connectivity index (χ3v) is 8.82. The molecule has 14 nitrogen and oxygen atoms in total. The number of carboxylic acid groups (broad SMARTS) is 1. The molecule has 2 saturated heterocycles. The number of aliphatic carboxylic acids is 1. The molecule has 2 aliphatic heterocycles. The van der Waals surface area contributed by atoms with Gasteiger partial charge in [-0.3, -0.25) is 24.0 Å². The first kappa shape index (κ1) is 35.4. The highest BCUT2D eigenvalue weighted by atomic mass is 35.5. The zero-order valence-corrected chi connectivity index (χ0v) is 27.4. The number of nitrogens with zero attached hydrogens (tertiary/aromatic N) is 2. The van der Waals surface area contributed by atoms with Crippen molar-refractivity contribution in [3.05, 3.63) is 51.4 Å². The van der Waals surface area contributed by atoms with Crippen LogP contribution in [-0.4, -0.2) is 87.9 Å². The number of carbonyl (C=O) groups is 6. The number of fused-ring (bicyclic) bond motifs is 1. The molecule has 1 aromatic carbocycles. The van der Waals surface area contributed by atoms with E-state index in [9.17, 15) is 33.9 Å². The Morgan fingerprint density at radius 1 is 1.11 bits per heavy atom. The van der Waals surface area contributed by atoms with Crippen LogP contribution in [0.4, 0.5) is 0 Å². The van der Waals surface area contributed by atoms with Gasteiger partial charge in [-0.15, -0.1) is 0 Å². The summed E-state index contributed by atoms with van der Waals surface area (Å²) in [5.41, 5.74) is 2.50. The van der Waals surface area contributed by atoms with Gasteiger partial charge in [0.25, 0.3) is 5.91 Å². The fraction of sp³-hybridized carbons (Fsp3) is 0.531. The van der Waals surface area contributed by atoms with Crippen molar-refractivity contribution in [2.75, 3.05) is 13.1 Å². The van der Waals surface area contributed by atoms with Crippen LogP contribution >= 0.6 is 11.6 Å². The second-order valence-corrected chi connectivity index (χ2v) is 12.5. The van der Waals surface area contributed by atoms with Crippen LogP contribution in [0.5, 0.6) is 0 Å². The van der Waals surface area contributed by atoms with Crippen molar-refractivity contribution >= 4 is 47.1 Å². The number of aromatic nitrogens is 1. The first-order valence-corrected chi connectivity index (χ1v) is 16.1. The predicted molar refractivity (Wildman–Crippen MR) is 169 cm³/mol. The van der Waals surface area contributed by atoms with Crippen LogP contribution in [0.3, 0.4) is 0 Å². The lowest BCUT2D eigenvalue weighted by Crippen LogP contribution is -2.55. The lowest BCUT2D eigenvalue weighted by Gasteiger charge is -2.29. The summed E-state index contributed by atoms with van der Waals surface area (Å²) in [6.45, 7) is 5.53. The van der Waals surface area contributed by atoms with Crippen molar-refractivity contribution in [3.63, 3.8) is 0 Å². The summed E-state index contributed by atoms with van der Waals surface area (Å²) in [6.07, 6.45) is 1.37. The summed E-state index contributed by atoms with van der Waals surface area (Å²) in [5, 5.41) is 25.1. The Morgan fingerprint density at radius 2 is 1.87 bits per heavy atom. The molecule has 0 radical (unpaired) electrons. The highest BCUT2D eigenvalue weighted by molar-refractivity contribution is 6.30. The van der Waals surface area contributed by atoms with E-state index in [1.54, 1.807) is 39.0 Å². The van der Waals surface area contributed by atoms with Crippen LogP contribution in [0.1, 0.15) is 77.9 Å². The number of hydrogen-bond acceptors (Lipinski definition) is 8. The van der Waals surface area contributed by atoms with Gasteiger partial charge in [0.15, 0.2) is 0 Å². The van der Waals surface area contributed by atoms with Crippen molar-refractivity contribution < 1.29 is 38.4 Å². The van der Waals surface area contributed by atoms with Crippen LogP contribution in [0.2, 0.25) is 5.02 Å². The van der Waals surface area contributed by atoms with Gasteiger partial charge in [0.05, 0.1) is 5.69 Å². The molecule has 4 atom stereocenters. The van der Waals surface area contributed by atoms with E-state index in [0.717, 1.165) is 5.56 Å². The number of halogens is 1. The van der Waals surface area contributed by atoms with E-state index in [1.807, 2.05) is 0 Å². The molecule has 15 heteroatoms. The summed E-state index contributed by atoms with van der Waals surface area (Å²) in [5.74, 6) is -3.14. The van der Waals surface area contributed by atoms with Gasteiger partial charge >= 0.3 is 5.97 Å². The summed E-state index contributed by atoms with van der Waals surface area (Å²) >= 11 is 6.05. The second kappa shape index (κ2) is 15.9. The number of benzene rings is 1. The summed E-state index contributed by atoms with van der Waals surface area (Å²) in [7, 11) is 0. The Balaban J connectivity index is 1.57. The molecular formula is C32H41ClN6O8. The topological polar surface area (TPSA) is 200 Å². The Labute approximate surface area is 277 Å². The lowest BCUT2D eigenvalue weighted by atomic mass is 10.0. The molecule has 0 aliphatic carbocycles. The lowest BCUT2D eigenvalue weighted by molar-refractivity contribution is -0.145. The van der Waals surface area contributed by atoms with Gasteiger partial charge in [0.1, 0.15) is 23.9 Å². The molecule has 254 valence electrons. The molecule has 4 rings (SSSR count). The van der Waals surface area contributed by atoms with Crippen LogP contribution < -0.4 is 21.3 Å². The maximum atomic E-state index is 14.1. The van der Waals surface area contributed by atoms with E-state index in [2.05, 4.69) is 26.4 Å². The SMILES string of the molecule is Cc1cc(Cl)ccc1C(=O)N[C@@H]1C[C@H]2C(=O)N[C@H](C(=O)O)CCC(=O)NCCCC[C@H](NC(=O)CCc3c(C)noc3C)C(=O)N2C1. The van der Waals surface area contributed by atoms with Gasteiger partial charge in [-0.2, -0.15) is 0 Å². The van der Waals surface area contributed by atoms with Crippen LogP contribution in [0, 0.1) is 20.8 Å². The number of hydrogen-bond donors (Lipinski definition) is 5. The number of aryl methyl sites for hydroxylation is 3. The standard InChI is InChI=1S/C32H41ClN6O8/c1-17-14-20(33)7-8-22(17)29(42)35-21-15-26-30(43)37-25(32(45)46)10-12-27(40)34-13-5-4-6-24(31(44)39(26)16-21)36-28(41)11-9-23-18(2)38-47-19(23)3/h7-8,14,21,24-26H,4-6,9-13,15-16H2,1-3H3,(H,34,40)(H,35,42)(H,36,41)(H,37,43)(H,45,46)/t21-,24+,25+,26+/m1/s1. The third-order valence-electron chi connectivity index (χ3n) is 8.59. The third kappa shape index (κ3) is 9.31. The molecule has 0 saturated carbocycles. The fourth-order valence-corrected chi connectivity index (χ4v) is 6.22. The van der Waals surface area contributed by atoms with Crippen LogP contribution in [0.15, 0.2) is 22.7 Å². The Bertz CT molecular complexity index is 1510. The maximum absolute atomic E-state index is 14.1. The number of carbonyl (C=O) groups excluding carboxylic acids is 5. The van der Waals surface area contributed by atoms with E-state index in [4.69, 9.17) is 16.1 Å². The van der Waals surface area contributed by atoms with E-state index in [0.29, 0.717) is 53.4 Å². The van der Waals surface area contributed by atoms with Crippen molar-refractivity contribution in [2.24, 2.45) is 0 Å². The Morgan fingerprint density at radius 3 is 2.55 bits per heavy atom. The number of amides is 5. The molecule has 0 spiro atoms. The van der Waals surface area contributed by atoms with Gasteiger partial charge < -0.3 is 35.8 Å². The second-order valence-electron chi connectivity index (χ2n) is 12.1. The molecule has 3 heterocycles. The minimum Gasteiger partial charge on any atom is -0.480 e. The first-order valence-electron chi connectivity index (χ1n) is 15.7. The largest absolute Gasteiger partial charge is 0.480 e. The fourth-order valence-electron chi connectivity index (χ4n) is 5.99. The van der Waals surface area contributed by atoms with Crippen molar-refractivity contribution in [2.45, 2.75) is 96.3 Å². The average Bonchev–Trinajstić information content (AvgIpc) is 3.58. The highest BCUT2D eigenvalue weighted by Crippen LogP contribution is 2.23. The van der Waals surface area contributed by atoms with E-state index < -0.39 is 47.9 Å². The van der Waals surface area contributed by atoms with Gasteiger partial charge in [0, 0.05) is 48.1 Å². The van der Waals surface area contributed by atoms with Crippen molar-refractivity contribution in [1.29, 1.82) is 0 Å². The molecule has 5 amide bonds. The zero-order chi connectivity index (χ0) is 34.2. The molecule has 2 fully saturated rings. The quantitative estimate of drug-likeness (QED) is 0.290. The smallest absolute Gasteiger partial charge is 0.326 e. The molecule has 2 aliphatic rings. The number of nitrogens with one attached hydrogen (secondary N) is 4. The van der Waals surface area contributed by atoms with E-state index in [-0.39, 0.29) is 50.5 Å². The first-order chi connectivity index (χ1) is 22.3. The molecule has 2 aromatic rings. The minimum atomic E-state index is -1.37. The molecule has 0 bridgehead atoms. The highest BCUT2D eigenvalue weighted by Gasteiger charge is 2.43. The van der Waals surface area contributed by atoms with Crippen molar-refractivity contribution in [3.8, 4) is 0 Å². The van der Waals surface area contributed by atoms with Gasteiger partial charge in [0.2, 0.25) is 23.6 Å².